The van der Waals surface area contributed by atoms with E-state index in [4.69, 9.17) is 16.3 Å². The number of carbonyl (C=O) groups excluding carboxylic acids is 1. The first-order chi connectivity index (χ1) is 9.05. The lowest BCUT2D eigenvalue weighted by atomic mass is 9.95. The van der Waals surface area contributed by atoms with Crippen molar-refractivity contribution in [2.45, 2.75) is 65.2 Å². The minimum absolute atomic E-state index is 0.303. The molecule has 2 N–H and O–H groups in total. The Balaban J connectivity index is 4.63. The van der Waals surface area contributed by atoms with Gasteiger partial charge in [0.15, 0.2) is 0 Å². The largest absolute Gasteiger partial charge is 0.444 e. The first-order valence-corrected chi connectivity index (χ1v) is 7.48. The molecule has 0 radical (unpaired) electrons. The van der Waals surface area contributed by atoms with Crippen molar-refractivity contribution in [1.82, 2.24) is 5.32 Å². The minimum atomic E-state index is -0.712. The third kappa shape index (κ3) is 9.21. The predicted octanol–water partition coefficient (Wildman–Crippen LogP) is 3.47. The number of hydrogen-bond acceptors (Lipinski definition) is 3. The SMILES string of the molecule is C=C(CCl)C[C@H](O)[C@H](CC(C)C)NC(=O)OC(C)(C)C. The fraction of sp³-hybridized carbons (Fsp3) is 0.800. The van der Waals surface area contributed by atoms with E-state index in [1.54, 1.807) is 20.8 Å². The van der Waals surface area contributed by atoms with Crippen LogP contribution in [0.25, 0.3) is 0 Å². The van der Waals surface area contributed by atoms with Crippen molar-refractivity contribution in [2.24, 2.45) is 5.92 Å². The number of amides is 1. The minimum Gasteiger partial charge on any atom is -0.444 e. The number of alkyl carbamates (subject to hydrolysis) is 1. The molecule has 0 saturated heterocycles. The summed E-state index contributed by atoms with van der Waals surface area (Å²) in [5, 5.41) is 13.0. The van der Waals surface area contributed by atoms with E-state index in [0.29, 0.717) is 24.6 Å². The molecule has 2 atom stereocenters. The molecule has 0 saturated carbocycles. The highest BCUT2D eigenvalue weighted by Gasteiger charge is 2.25. The highest BCUT2D eigenvalue weighted by atomic mass is 35.5. The lowest BCUT2D eigenvalue weighted by Crippen LogP contribution is -2.46. The molecule has 118 valence electrons. The van der Waals surface area contributed by atoms with Crippen molar-refractivity contribution in [1.29, 1.82) is 0 Å². The Labute approximate surface area is 127 Å². The molecule has 0 aromatic heterocycles. The van der Waals surface area contributed by atoms with Gasteiger partial charge in [0, 0.05) is 5.88 Å². The number of carbonyl (C=O) groups is 1. The second kappa shape index (κ2) is 8.53. The van der Waals surface area contributed by atoms with E-state index >= 15 is 0 Å². The molecule has 1 amide bonds. The first-order valence-electron chi connectivity index (χ1n) is 6.95. The normalized spacial score (nSPS) is 14.8. The average molecular weight is 306 g/mol. The zero-order valence-electron chi connectivity index (χ0n) is 13.2. The van der Waals surface area contributed by atoms with Gasteiger partial charge >= 0.3 is 6.09 Å². The van der Waals surface area contributed by atoms with Gasteiger partial charge in [0.25, 0.3) is 0 Å². The van der Waals surface area contributed by atoms with Gasteiger partial charge in [-0.1, -0.05) is 26.0 Å². The number of alkyl halides is 1. The Hall–Kier alpha value is -0.740. The quantitative estimate of drug-likeness (QED) is 0.559. The number of rotatable bonds is 7. The van der Waals surface area contributed by atoms with Crippen LogP contribution in [0.2, 0.25) is 0 Å². The molecule has 0 aromatic carbocycles. The van der Waals surface area contributed by atoms with Gasteiger partial charge in [0.2, 0.25) is 0 Å². The van der Waals surface area contributed by atoms with E-state index in [2.05, 4.69) is 11.9 Å². The summed E-state index contributed by atoms with van der Waals surface area (Å²) in [6.07, 6.45) is -0.193. The van der Waals surface area contributed by atoms with E-state index in [1.807, 2.05) is 13.8 Å². The molecule has 4 nitrogen and oxygen atoms in total. The summed E-state index contributed by atoms with van der Waals surface area (Å²) in [6.45, 7) is 13.3. The summed E-state index contributed by atoms with van der Waals surface area (Å²) >= 11 is 5.68. The topological polar surface area (TPSA) is 58.6 Å². The Morgan fingerprint density at radius 3 is 2.35 bits per heavy atom. The maximum Gasteiger partial charge on any atom is 0.407 e. The third-order valence-corrected chi connectivity index (χ3v) is 2.96. The maximum atomic E-state index is 11.8. The van der Waals surface area contributed by atoms with Crippen molar-refractivity contribution in [3.63, 3.8) is 0 Å². The highest BCUT2D eigenvalue weighted by molar-refractivity contribution is 6.19. The van der Waals surface area contributed by atoms with Gasteiger partial charge in [-0.05, 0) is 39.5 Å². The predicted molar refractivity (Wildman–Crippen MR) is 83.1 cm³/mol. The monoisotopic (exact) mass is 305 g/mol. The molecule has 0 unspecified atom stereocenters. The van der Waals surface area contributed by atoms with E-state index in [-0.39, 0.29) is 6.04 Å². The molecule has 0 bridgehead atoms. The zero-order chi connectivity index (χ0) is 15.9. The smallest absolute Gasteiger partial charge is 0.407 e. The number of halogens is 1. The molecule has 20 heavy (non-hydrogen) atoms. The molecule has 0 spiro atoms. The second-order valence-corrected chi connectivity index (χ2v) is 6.80. The molecule has 5 heteroatoms. The van der Waals surface area contributed by atoms with Crippen molar-refractivity contribution in [3.05, 3.63) is 12.2 Å². The zero-order valence-corrected chi connectivity index (χ0v) is 14.0. The lowest BCUT2D eigenvalue weighted by molar-refractivity contribution is 0.0404. The Morgan fingerprint density at radius 1 is 1.40 bits per heavy atom. The van der Waals surface area contributed by atoms with Gasteiger partial charge in [-0.25, -0.2) is 4.79 Å². The summed E-state index contributed by atoms with van der Waals surface area (Å²) in [5.41, 5.74) is 0.191. The van der Waals surface area contributed by atoms with Crippen molar-refractivity contribution in [2.75, 3.05) is 5.88 Å². The van der Waals surface area contributed by atoms with Crippen LogP contribution < -0.4 is 5.32 Å². The third-order valence-electron chi connectivity index (χ3n) is 2.58. The summed E-state index contributed by atoms with van der Waals surface area (Å²) in [7, 11) is 0. The number of ether oxygens (including phenoxy) is 1. The lowest BCUT2D eigenvalue weighted by Gasteiger charge is -2.28. The summed E-state index contributed by atoms with van der Waals surface area (Å²) in [4.78, 5) is 11.8. The Morgan fingerprint density at radius 2 is 1.95 bits per heavy atom. The van der Waals surface area contributed by atoms with E-state index in [0.717, 1.165) is 5.57 Å². The van der Waals surface area contributed by atoms with Crippen LogP contribution in [-0.2, 0) is 4.74 Å². The second-order valence-electron chi connectivity index (χ2n) is 6.54. The van der Waals surface area contributed by atoms with Crippen LogP contribution in [0.5, 0.6) is 0 Å². The van der Waals surface area contributed by atoms with Crippen molar-refractivity contribution >= 4 is 17.7 Å². The van der Waals surface area contributed by atoms with Gasteiger partial charge in [-0.3, -0.25) is 0 Å². The molecule has 0 fully saturated rings. The van der Waals surface area contributed by atoms with Gasteiger partial charge < -0.3 is 15.2 Å². The fourth-order valence-electron chi connectivity index (χ4n) is 1.77. The van der Waals surface area contributed by atoms with Gasteiger partial charge in [-0.2, -0.15) is 0 Å². The van der Waals surface area contributed by atoms with Crippen LogP contribution in [0.1, 0.15) is 47.5 Å². The molecule has 0 rings (SSSR count). The fourth-order valence-corrected chi connectivity index (χ4v) is 1.88. The Kier molecular flexibility index (Phi) is 8.21. The highest BCUT2D eigenvalue weighted by Crippen LogP contribution is 2.16. The first kappa shape index (κ1) is 19.3. The number of nitrogens with one attached hydrogen (secondary N) is 1. The van der Waals surface area contributed by atoms with Gasteiger partial charge in [0.1, 0.15) is 5.60 Å². The van der Waals surface area contributed by atoms with Crippen LogP contribution in [0, 0.1) is 5.92 Å². The summed E-state index contributed by atoms with van der Waals surface area (Å²) in [5.74, 6) is 0.645. The maximum absolute atomic E-state index is 11.8. The van der Waals surface area contributed by atoms with E-state index in [9.17, 15) is 9.90 Å². The molecule has 0 aromatic rings. The molecule has 0 aliphatic heterocycles. The number of aliphatic hydroxyl groups excluding tert-OH is 1. The molecule has 0 aliphatic carbocycles. The average Bonchev–Trinajstić information content (AvgIpc) is 2.24. The molecular formula is C15H28ClNO3. The standard InChI is InChI=1S/C15H28ClNO3/c1-10(2)7-12(13(18)8-11(3)9-16)17-14(19)20-15(4,5)6/h10,12-13,18H,3,7-9H2,1-2,4-6H3,(H,17,19)/t12-,13-/m0/s1. The van der Waals surface area contributed by atoms with Crippen LogP contribution in [0.4, 0.5) is 4.79 Å². The van der Waals surface area contributed by atoms with Crippen LogP contribution >= 0.6 is 11.6 Å². The molecule has 0 heterocycles. The molecule has 0 aliphatic rings. The van der Waals surface area contributed by atoms with Gasteiger partial charge in [0.05, 0.1) is 12.1 Å². The van der Waals surface area contributed by atoms with E-state index in [1.165, 1.54) is 0 Å². The summed E-state index contributed by atoms with van der Waals surface area (Å²) < 4.78 is 5.22. The van der Waals surface area contributed by atoms with Crippen molar-refractivity contribution in [3.8, 4) is 0 Å². The number of aliphatic hydroxyl groups is 1. The van der Waals surface area contributed by atoms with E-state index < -0.39 is 17.8 Å². The van der Waals surface area contributed by atoms with Crippen LogP contribution in [0.15, 0.2) is 12.2 Å². The van der Waals surface area contributed by atoms with Gasteiger partial charge in [-0.15, -0.1) is 11.6 Å². The van der Waals surface area contributed by atoms with Crippen molar-refractivity contribution < 1.29 is 14.6 Å². The van der Waals surface area contributed by atoms with Crippen LogP contribution in [0.3, 0.4) is 0 Å². The number of hydrogen-bond donors (Lipinski definition) is 2. The van der Waals surface area contributed by atoms with Crippen LogP contribution in [-0.4, -0.2) is 34.8 Å². The summed E-state index contributed by atoms with van der Waals surface area (Å²) in [6, 6.07) is -0.371. The molecular weight excluding hydrogens is 278 g/mol. The Bertz CT molecular complexity index is 324.